The Labute approximate surface area is 108 Å². The average Bonchev–Trinajstić information content (AvgIpc) is 2.78. The minimum Gasteiger partial charge on any atom is -0.383 e. The van der Waals surface area contributed by atoms with Crippen LogP contribution in [0.1, 0.15) is 68.6 Å². The van der Waals surface area contributed by atoms with Crippen molar-refractivity contribution in [3.05, 3.63) is 11.7 Å². The molecule has 1 aliphatic rings. The molecule has 1 atom stereocenters. The predicted octanol–water partition coefficient (Wildman–Crippen LogP) is 2.54. The average molecular weight is 253 g/mol. The maximum Gasteiger partial charge on any atom is 0.245 e. The van der Waals surface area contributed by atoms with Crippen molar-refractivity contribution in [2.45, 2.75) is 56.9 Å². The highest BCUT2D eigenvalue weighted by Crippen LogP contribution is 2.29. The fourth-order valence-electron chi connectivity index (χ4n) is 2.53. The summed E-state index contributed by atoms with van der Waals surface area (Å²) in [5.41, 5.74) is 5.88. The van der Waals surface area contributed by atoms with Crippen LogP contribution in [0.2, 0.25) is 0 Å². The largest absolute Gasteiger partial charge is 0.383 e. The van der Waals surface area contributed by atoms with E-state index < -0.39 is 0 Å². The molecule has 1 aromatic rings. The lowest BCUT2D eigenvalue weighted by molar-refractivity contribution is 0.166. The van der Waals surface area contributed by atoms with E-state index in [1.165, 1.54) is 44.9 Å². The van der Waals surface area contributed by atoms with Crippen LogP contribution in [0.15, 0.2) is 4.52 Å². The molecule has 5 nitrogen and oxygen atoms in total. The van der Waals surface area contributed by atoms with E-state index in [9.17, 15) is 0 Å². The molecule has 0 aromatic carbocycles. The van der Waals surface area contributed by atoms with Gasteiger partial charge in [0.2, 0.25) is 5.89 Å². The Hall–Kier alpha value is -0.940. The Kier molecular flexibility index (Phi) is 5.13. The summed E-state index contributed by atoms with van der Waals surface area (Å²) in [6.45, 7) is 0.409. The van der Waals surface area contributed by atoms with Gasteiger partial charge in [-0.25, -0.2) is 0 Å². The molecule has 102 valence electrons. The molecule has 2 rings (SSSR count). The molecule has 1 saturated carbocycles. The lowest BCUT2D eigenvalue weighted by Gasteiger charge is -2.15. The summed E-state index contributed by atoms with van der Waals surface area (Å²) < 4.78 is 10.2. The number of nitrogens with two attached hydrogens (primary N) is 1. The second kappa shape index (κ2) is 6.85. The number of ether oxygens (including phenoxy) is 1. The molecular formula is C13H23N3O2. The molecular weight excluding hydrogens is 230 g/mol. The maximum atomic E-state index is 5.88. The summed E-state index contributed by atoms with van der Waals surface area (Å²) >= 11 is 0. The summed E-state index contributed by atoms with van der Waals surface area (Å²) in [4.78, 5) is 4.44. The molecule has 1 heterocycles. The van der Waals surface area contributed by atoms with Gasteiger partial charge in [0.05, 0.1) is 6.61 Å². The van der Waals surface area contributed by atoms with Gasteiger partial charge in [0, 0.05) is 13.0 Å². The van der Waals surface area contributed by atoms with Gasteiger partial charge < -0.3 is 15.0 Å². The number of nitrogens with zero attached hydrogens (tertiary/aromatic N) is 2. The number of methoxy groups -OCH3 is 1. The normalized spacial score (nSPS) is 20.3. The van der Waals surface area contributed by atoms with Crippen molar-refractivity contribution in [3.8, 4) is 0 Å². The van der Waals surface area contributed by atoms with Gasteiger partial charge in [-0.3, -0.25) is 0 Å². The first-order valence-corrected chi connectivity index (χ1v) is 6.89. The van der Waals surface area contributed by atoms with Crippen molar-refractivity contribution in [2.24, 2.45) is 5.73 Å². The molecule has 2 N–H and O–H groups in total. The first-order valence-electron chi connectivity index (χ1n) is 6.89. The first kappa shape index (κ1) is 13.5. The van der Waals surface area contributed by atoms with Gasteiger partial charge in [-0.1, -0.05) is 37.3 Å². The Morgan fingerprint density at radius 1 is 1.28 bits per heavy atom. The fraction of sp³-hybridized carbons (Fsp3) is 0.846. The van der Waals surface area contributed by atoms with Crippen LogP contribution in [0.25, 0.3) is 0 Å². The van der Waals surface area contributed by atoms with E-state index in [0.717, 1.165) is 5.82 Å². The summed E-state index contributed by atoms with van der Waals surface area (Å²) in [7, 11) is 1.62. The third kappa shape index (κ3) is 3.53. The van der Waals surface area contributed by atoms with E-state index >= 15 is 0 Å². The van der Waals surface area contributed by atoms with E-state index in [1.54, 1.807) is 7.11 Å². The summed E-state index contributed by atoms with van der Waals surface area (Å²) in [6.07, 6.45) is 8.87. The molecule has 0 saturated heterocycles. The van der Waals surface area contributed by atoms with Crippen molar-refractivity contribution in [2.75, 3.05) is 13.7 Å². The minimum absolute atomic E-state index is 0.315. The van der Waals surface area contributed by atoms with Crippen LogP contribution in [0.3, 0.4) is 0 Å². The first-order chi connectivity index (χ1) is 8.81. The van der Waals surface area contributed by atoms with Crippen molar-refractivity contribution in [1.82, 2.24) is 10.1 Å². The molecule has 1 aliphatic carbocycles. The van der Waals surface area contributed by atoms with E-state index in [2.05, 4.69) is 10.1 Å². The second-order valence-electron chi connectivity index (χ2n) is 5.09. The van der Waals surface area contributed by atoms with Crippen LogP contribution in [0, 0.1) is 0 Å². The van der Waals surface area contributed by atoms with Crippen LogP contribution in [0.4, 0.5) is 0 Å². The van der Waals surface area contributed by atoms with Crippen LogP contribution in [-0.2, 0) is 4.74 Å². The Morgan fingerprint density at radius 2 is 1.94 bits per heavy atom. The van der Waals surface area contributed by atoms with Gasteiger partial charge in [-0.15, -0.1) is 0 Å². The van der Waals surface area contributed by atoms with Crippen molar-refractivity contribution < 1.29 is 9.26 Å². The smallest absolute Gasteiger partial charge is 0.245 e. The summed E-state index contributed by atoms with van der Waals surface area (Å²) in [6, 6.07) is -0.315. The summed E-state index contributed by atoms with van der Waals surface area (Å²) in [5, 5.41) is 4.09. The van der Waals surface area contributed by atoms with Crippen LogP contribution < -0.4 is 5.73 Å². The van der Waals surface area contributed by atoms with Gasteiger partial charge in [0.1, 0.15) is 6.04 Å². The van der Waals surface area contributed by atoms with Crippen molar-refractivity contribution in [3.63, 3.8) is 0 Å². The molecule has 0 radical (unpaired) electrons. The molecule has 0 bridgehead atoms. The molecule has 0 amide bonds. The SMILES string of the molecule is COCC(N)c1nc(C2CCCCCCC2)no1. The lowest BCUT2D eigenvalue weighted by Crippen LogP contribution is -2.16. The number of hydrogen-bond donors (Lipinski definition) is 1. The Balaban J connectivity index is 1.98. The van der Waals surface area contributed by atoms with E-state index in [1.807, 2.05) is 0 Å². The third-order valence-electron chi connectivity index (χ3n) is 3.59. The standard InChI is InChI=1S/C13H23N3O2/c1-17-9-11(14)13-15-12(16-18-13)10-7-5-3-2-4-6-8-10/h10-11H,2-9,14H2,1H3. The highest BCUT2D eigenvalue weighted by atomic mass is 16.5. The molecule has 1 fully saturated rings. The van der Waals surface area contributed by atoms with Gasteiger partial charge >= 0.3 is 0 Å². The molecule has 0 aliphatic heterocycles. The monoisotopic (exact) mass is 253 g/mol. The molecule has 5 heteroatoms. The zero-order valence-electron chi connectivity index (χ0n) is 11.1. The van der Waals surface area contributed by atoms with Crippen LogP contribution in [-0.4, -0.2) is 23.9 Å². The number of hydrogen-bond acceptors (Lipinski definition) is 5. The van der Waals surface area contributed by atoms with E-state index in [-0.39, 0.29) is 6.04 Å². The van der Waals surface area contributed by atoms with Gasteiger partial charge in [-0.05, 0) is 12.8 Å². The quantitative estimate of drug-likeness (QED) is 0.892. The van der Waals surface area contributed by atoms with Gasteiger partial charge in [0.15, 0.2) is 5.82 Å². The molecule has 18 heavy (non-hydrogen) atoms. The molecule has 1 aromatic heterocycles. The minimum atomic E-state index is -0.315. The number of aromatic nitrogens is 2. The molecule has 0 spiro atoms. The molecule has 1 unspecified atom stereocenters. The zero-order chi connectivity index (χ0) is 12.8. The number of rotatable bonds is 4. The Morgan fingerprint density at radius 3 is 2.61 bits per heavy atom. The highest BCUT2D eigenvalue weighted by molar-refractivity contribution is 4.98. The maximum absolute atomic E-state index is 5.88. The van der Waals surface area contributed by atoms with Crippen molar-refractivity contribution >= 4 is 0 Å². The topological polar surface area (TPSA) is 74.2 Å². The second-order valence-corrected chi connectivity index (χ2v) is 5.09. The van der Waals surface area contributed by atoms with E-state index in [4.69, 9.17) is 15.0 Å². The summed E-state index contributed by atoms with van der Waals surface area (Å²) in [5.74, 6) is 1.77. The van der Waals surface area contributed by atoms with Gasteiger partial charge in [-0.2, -0.15) is 4.98 Å². The highest BCUT2D eigenvalue weighted by Gasteiger charge is 2.21. The van der Waals surface area contributed by atoms with E-state index in [0.29, 0.717) is 18.4 Å². The predicted molar refractivity (Wildman–Crippen MR) is 68.2 cm³/mol. The van der Waals surface area contributed by atoms with Crippen molar-refractivity contribution in [1.29, 1.82) is 0 Å². The zero-order valence-corrected chi connectivity index (χ0v) is 11.1. The van der Waals surface area contributed by atoms with Crippen LogP contribution in [0.5, 0.6) is 0 Å². The lowest BCUT2D eigenvalue weighted by atomic mass is 9.91. The van der Waals surface area contributed by atoms with Crippen LogP contribution >= 0.6 is 0 Å². The Bertz CT molecular complexity index is 346. The third-order valence-corrected chi connectivity index (χ3v) is 3.59. The van der Waals surface area contributed by atoms with Gasteiger partial charge in [0.25, 0.3) is 0 Å². The fourth-order valence-corrected chi connectivity index (χ4v) is 2.53.